The van der Waals surface area contributed by atoms with E-state index in [1.807, 2.05) is 67.2 Å². The van der Waals surface area contributed by atoms with E-state index in [0.717, 1.165) is 33.3 Å². The minimum absolute atomic E-state index is 0.0408. The summed E-state index contributed by atoms with van der Waals surface area (Å²) in [6.45, 7) is 4.94. The third kappa shape index (κ3) is 2.96. The molecule has 0 N–H and O–H groups in total. The van der Waals surface area contributed by atoms with Gasteiger partial charge in [0.1, 0.15) is 5.75 Å². The normalized spacial score (nSPS) is 14.0. The van der Waals surface area contributed by atoms with Crippen molar-refractivity contribution in [3.05, 3.63) is 71.7 Å². The largest absolute Gasteiger partial charge is 0.455 e. The van der Waals surface area contributed by atoms with Crippen LogP contribution in [0.15, 0.2) is 55.0 Å². The molecule has 0 spiro atoms. The molecule has 6 nitrogen and oxygen atoms in total. The number of benzene rings is 1. The summed E-state index contributed by atoms with van der Waals surface area (Å²) in [6, 6.07) is 13.9. The lowest BCUT2D eigenvalue weighted by atomic mass is 10.0. The summed E-state index contributed by atoms with van der Waals surface area (Å²) >= 11 is 0. The average Bonchev–Trinajstić information content (AvgIpc) is 3.04. The molecule has 148 valence electrons. The maximum Gasteiger partial charge on any atom is 0.255 e. The number of hydrogen-bond acceptors (Lipinski definition) is 4. The Hall–Kier alpha value is -3.85. The molecule has 1 aliphatic rings. The summed E-state index contributed by atoms with van der Waals surface area (Å²) in [6.07, 6.45) is 5.60. The Morgan fingerprint density at radius 3 is 2.87 bits per heavy atom. The fourth-order valence-corrected chi connectivity index (χ4v) is 3.96. The average molecular weight is 396 g/mol. The standard InChI is InChI=1S/C24H20N4O2/c1-15-8-18-9-19(5-6-21(18)26-11-15)30-22-4-3-7-27-14-20(16(2)23(22)27)24(29)28-12-17(10-25)13-28/h3-9,11,14,17H,12-13H2,1-2H3. The Morgan fingerprint density at radius 1 is 1.23 bits per heavy atom. The summed E-state index contributed by atoms with van der Waals surface area (Å²) < 4.78 is 8.16. The van der Waals surface area contributed by atoms with Gasteiger partial charge < -0.3 is 14.0 Å². The molecule has 0 unspecified atom stereocenters. The van der Waals surface area contributed by atoms with Crippen molar-refractivity contribution >= 4 is 22.3 Å². The van der Waals surface area contributed by atoms with Gasteiger partial charge >= 0.3 is 0 Å². The van der Waals surface area contributed by atoms with Gasteiger partial charge in [0.05, 0.1) is 28.6 Å². The van der Waals surface area contributed by atoms with E-state index in [2.05, 4.69) is 17.1 Å². The number of hydrogen-bond donors (Lipinski definition) is 0. The van der Waals surface area contributed by atoms with Gasteiger partial charge in [0.15, 0.2) is 5.75 Å². The lowest BCUT2D eigenvalue weighted by Crippen LogP contribution is -2.49. The summed E-state index contributed by atoms with van der Waals surface area (Å²) in [5.41, 5.74) is 4.39. The molecule has 1 amide bonds. The molecule has 4 heterocycles. The molecule has 30 heavy (non-hydrogen) atoms. The zero-order chi connectivity index (χ0) is 20.8. The minimum atomic E-state index is -0.0591. The number of rotatable bonds is 3. The van der Waals surface area contributed by atoms with E-state index in [1.165, 1.54) is 0 Å². The molecule has 6 heteroatoms. The molecule has 1 saturated heterocycles. The number of nitriles is 1. The van der Waals surface area contributed by atoms with Crippen molar-refractivity contribution in [3.8, 4) is 17.6 Å². The smallest absolute Gasteiger partial charge is 0.255 e. The van der Waals surface area contributed by atoms with Gasteiger partial charge in [-0.2, -0.15) is 5.26 Å². The highest BCUT2D eigenvalue weighted by Crippen LogP contribution is 2.33. The number of ether oxygens (including phenoxy) is 1. The quantitative estimate of drug-likeness (QED) is 0.511. The predicted octanol–water partition coefficient (Wildman–Crippen LogP) is 4.49. The summed E-state index contributed by atoms with van der Waals surface area (Å²) in [4.78, 5) is 19.0. The van der Waals surface area contributed by atoms with Gasteiger partial charge in [-0.3, -0.25) is 9.78 Å². The van der Waals surface area contributed by atoms with Crippen molar-refractivity contribution in [1.29, 1.82) is 5.26 Å². The van der Waals surface area contributed by atoms with Gasteiger partial charge in [0.25, 0.3) is 5.91 Å². The van der Waals surface area contributed by atoms with E-state index in [0.29, 0.717) is 24.4 Å². The monoisotopic (exact) mass is 396 g/mol. The number of pyridine rings is 2. The Labute approximate surface area is 173 Å². The number of aryl methyl sites for hydroxylation is 2. The lowest BCUT2D eigenvalue weighted by Gasteiger charge is -2.35. The maximum absolute atomic E-state index is 12.9. The van der Waals surface area contributed by atoms with Crippen molar-refractivity contribution in [2.24, 2.45) is 5.92 Å². The summed E-state index contributed by atoms with van der Waals surface area (Å²) in [7, 11) is 0. The van der Waals surface area contributed by atoms with Crippen LogP contribution < -0.4 is 4.74 Å². The van der Waals surface area contributed by atoms with Crippen LogP contribution in [0.25, 0.3) is 16.4 Å². The maximum atomic E-state index is 12.9. The van der Waals surface area contributed by atoms with Crippen LogP contribution in [0.2, 0.25) is 0 Å². The second-order valence-corrected chi connectivity index (χ2v) is 7.80. The number of aromatic nitrogens is 2. The Kier molecular flexibility index (Phi) is 4.18. The lowest BCUT2D eigenvalue weighted by molar-refractivity contribution is 0.0577. The van der Waals surface area contributed by atoms with E-state index < -0.39 is 0 Å². The molecule has 0 radical (unpaired) electrons. The van der Waals surface area contributed by atoms with Gasteiger partial charge in [-0.15, -0.1) is 0 Å². The fraction of sp³-hybridized carbons (Fsp3) is 0.208. The Bertz CT molecular complexity index is 1340. The van der Waals surface area contributed by atoms with Crippen LogP contribution in [0.5, 0.6) is 11.5 Å². The SMILES string of the molecule is Cc1cnc2ccc(Oc3cccn4cc(C(=O)N5CC(C#N)C5)c(C)c34)cc2c1. The molecule has 0 saturated carbocycles. The molecule has 1 aliphatic heterocycles. The minimum Gasteiger partial charge on any atom is -0.455 e. The third-order valence-corrected chi connectivity index (χ3v) is 5.61. The zero-order valence-electron chi connectivity index (χ0n) is 16.8. The molecule has 0 bridgehead atoms. The van der Waals surface area contributed by atoms with Crippen molar-refractivity contribution in [3.63, 3.8) is 0 Å². The molecule has 0 aliphatic carbocycles. The highest BCUT2D eigenvalue weighted by molar-refractivity contribution is 5.99. The highest BCUT2D eigenvalue weighted by atomic mass is 16.5. The number of nitrogens with zero attached hydrogens (tertiary/aromatic N) is 4. The fourth-order valence-electron chi connectivity index (χ4n) is 3.96. The van der Waals surface area contributed by atoms with E-state index >= 15 is 0 Å². The van der Waals surface area contributed by atoms with Gasteiger partial charge in [-0.25, -0.2) is 0 Å². The first-order valence-electron chi connectivity index (χ1n) is 9.87. The second kappa shape index (κ2) is 6.89. The van der Waals surface area contributed by atoms with Crippen molar-refractivity contribution in [2.75, 3.05) is 13.1 Å². The predicted molar refractivity (Wildman–Crippen MR) is 114 cm³/mol. The molecular weight excluding hydrogens is 376 g/mol. The molecule has 0 atom stereocenters. The summed E-state index contributed by atoms with van der Waals surface area (Å²) in [5, 5.41) is 9.99. The van der Waals surface area contributed by atoms with E-state index in [9.17, 15) is 4.79 Å². The molecular formula is C24H20N4O2. The number of carbonyl (C=O) groups excluding carboxylic acids is 1. The van der Waals surface area contributed by atoms with Crippen LogP contribution in [0.1, 0.15) is 21.5 Å². The number of amides is 1. The first kappa shape index (κ1) is 18.2. The topological polar surface area (TPSA) is 70.6 Å². The molecule has 4 aromatic rings. The Balaban J connectivity index is 1.50. The zero-order valence-corrected chi connectivity index (χ0v) is 16.8. The van der Waals surface area contributed by atoms with Crippen molar-refractivity contribution in [2.45, 2.75) is 13.8 Å². The van der Waals surface area contributed by atoms with Crippen LogP contribution in [-0.4, -0.2) is 33.3 Å². The highest BCUT2D eigenvalue weighted by Gasteiger charge is 2.32. The van der Waals surface area contributed by atoms with E-state index in [4.69, 9.17) is 10.00 Å². The number of carbonyl (C=O) groups is 1. The van der Waals surface area contributed by atoms with Crippen LogP contribution in [0, 0.1) is 31.1 Å². The van der Waals surface area contributed by atoms with Gasteiger partial charge in [-0.1, -0.05) is 0 Å². The second-order valence-electron chi connectivity index (χ2n) is 7.80. The van der Waals surface area contributed by atoms with Crippen LogP contribution in [0.4, 0.5) is 0 Å². The van der Waals surface area contributed by atoms with Gasteiger partial charge in [-0.05, 0) is 61.4 Å². The van der Waals surface area contributed by atoms with Crippen molar-refractivity contribution in [1.82, 2.24) is 14.3 Å². The molecule has 5 rings (SSSR count). The van der Waals surface area contributed by atoms with Crippen molar-refractivity contribution < 1.29 is 9.53 Å². The Morgan fingerprint density at radius 2 is 2.07 bits per heavy atom. The first-order chi connectivity index (χ1) is 14.5. The number of likely N-dealkylation sites (tertiary alicyclic amines) is 1. The third-order valence-electron chi connectivity index (χ3n) is 5.61. The molecule has 1 fully saturated rings. The first-order valence-corrected chi connectivity index (χ1v) is 9.87. The molecule has 3 aromatic heterocycles. The van der Waals surface area contributed by atoms with Gasteiger partial charge in [0, 0.05) is 37.1 Å². The molecule has 1 aromatic carbocycles. The van der Waals surface area contributed by atoms with E-state index in [1.54, 1.807) is 4.90 Å². The summed E-state index contributed by atoms with van der Waals surface area (Å²) in [5.74, 6) is 1.31. The number of fused-ring (bicyclic) bond motifs is 2. The van der Waals surface area contributed by atoms with Crippen LogP contribution >= 0.6 is 0 Å². The van der Waals surface area contributed by atoms with E-state index in [-0.39, 0.29) is 11.8 Å². The van der Waals surface area contributed by atoms with Gasteiger partial charge in [0.2, 0.25) is 0 Å². The van der Waals surface area contributed by atoms with Crippen LogP contribution in [-0.2, 0) is 0 Å². The van der Waals surface area contributed by atoms with Crippen LogP contribution in [0.3, 0.4) is 0 Å².